The lowest BCUT2D eigenvalue weighted by molar-refractivity contribution is 0.0505. The van der Waals surface area contributed by atoms with E-state index in [9.17, 15) is 0 Å². The molecule has 0 spiro atoms. The fourth-order valence-corrected chi connectivity index (χ4v) is 6.73. The molecule has 0 N–H and O–H groups in total. The summed E-state index contributed by atoms with van der Waals surface area (Å²) in [5.41, 5.74) is 3.85. The van der Waals surface area contributed by atoms with Gasteiger partial charge in [0.05, 0.1) is 74.9 Å². The van der Waals surface area contributed by atoms with Crippen molar-refractivity contribution in [3.05, 3.63) is 57.8 Å². The van der Waals surface area contributed by atoms with E-state index in [1.54, 1.807) is 23.5 Å². The molecule has 0 atom stereocenters. The Kier molecular flexibility index (Phi) is 11.4. The Morgan fingerprint density at radius 3 is 1.40 bits per heavy atom. The van der Waals surface area contributed by atoms with Gasteiger partial charge in [-0.2, -0.15) is 0 Å². The molecule has 1 aliphatic rings. The van der Waals surface area contributed by atoms with Gasteiger partial charge in [-0.05, 0) is 24.3 Å². The summed E-state index contributed by atoms with van der Waals surface area (Å²) in [6.07, 6.45) is 0. The SMILES string of the molecule is S=c1c2nc3ccccc3n1CCOCCOCCSc1nc3ccccc3n(c1=S)CCOCCOCCS2. The van der Waals surface area contributed by atoms with Crippen molar-refractivity contribution in [2.24, 2.45) is 0 Å². The van der Waals surface area contributed by atoms with Crippen molar-refractivity contribution in [3.8, 4) is 0 Å². The summed E-state index contributed by atoms with van der Waals surface area (Å²) in [7, 11) is 0. The minimum absolute atomic E-state index is 0.514. The third-order valence-corrected chi connectivity index (χ3v) is 9.18. The highest BCUT2D eigenvalue weighted by Crippen LogP contribution is 2.24. The van der Waals surface area contributed by atoms with Gasteiger partial charge in [0.1, 0.15) is 19.3 Å². The summed E-state index contributed by atoms with van der Waals surface area (Å²) in [6, 6.07) is 16.1. The first kappa shape index (κ1) is 29.6. The predicted molar refractivity (Wildman–Crippen MR) is 166 cm³/mol. The van der Waals surface area contributed by atoms with Crippen molar-refractivity contribution in [3.63, 3.8) is 0 Å². The molecular weight excluding hydrogens is 585 g/mol. The zero-order valence-electron chi connectivity index (χ0n) is 22.2. The molecule has 0 aliphatic carbocycles. The topological polar surface area (TPSA) is 72.6 Å². The minimum atomic E-state index is 0.514. The second kappa shape index (κ2) is 15.4. The molecule has 3 heterocycles. The van der Waals surface area contributed by atoms with Gasteiger partial charge in [-0.1, -0.05) is 48.7 Å². The molecule has 12 heteroatoms. The van der Waals surface area contributed by atoms with E-state index < -0.39 is 0 Å². The first-order chi connectivity index (χ1) is 19.7. The summed E-state index contributed by atoms with van der Waals surface area (Å²) in [5.74, 6) is 1.50. The predicted octanol–water partition coefficient (Wildman–Crippen LogP) is 5.81. The van der Waals surface area contributed by atoms with E-state index in [1.165, 1.54) is 0 Å². The monoisotopic (exact) mass is 616 g/mol. The Balaban J connectivity index is 1.25. The molecule has 5 rings (SSSR count). The molecule has 212 valence electrons. The largest absolute Gasteiger partial charge is 0.378 e. The molecule has 0 saturated heterocycles. The summed E-state index contributed by atoms with van der Waals surface area (Å²) in [5, 5.41) is 1.68. The molecule has 2 aromatic heterocycles. The third-order valence-electron chi connectivity index (χ3n) is 6.24. The number of rotatable bonds is 0. The minimum Gasteiger partial charge on any atom is -0.378 e. The molecule has 4 bridgehead atoms. The number of thioether (sulfide) groups is 2. The number of fused-ring (bicyclic) bond motifs is 8. The zero-order chi connectivity index (χ0) is 27.6. The van der Waals surface area contributed by atoms with Crippen LogP contribution in [-0.4, -0.2) is 83.5 Å². The average molecular weight is 617 g/mol. The highest BCUT2D eigenvalue weighted by Gasteiger charge is 2.11. The lowest BCUT2D eigenvalue weighted by Gasteiger charge is -2.15. The summed E-state index contributed by atoms with van der Waals surface area (Å²) >= 11 is 14.9. The number of ether oxygens (including phenoxy) is 4. The molecule has 40 heavy (non-hydrogen) atoms. The first-order valence-corrected chi connectivity index (χ1v) is 16.1. The van der Waals surface area contributed by atoms with Crippen LogP contribution in [0.3, 0.4) is 0 Å². The molecule has 0 saturated carbocycles. The van der Waals surface area contributed by atoms with Crippen molar-refractivity contribution < 1.29 is 18.9 Å². The fraction of sp³-hybridized carbons (Fsp3) is 0.429. The molecule has 4 aromatic rings. The molecule has 2 aromatic carbocycles. The van der Waals surface area contributed by atoms with Crippen LogP contribution in [0.1, 0.15) is 0 Å². The maximum atomic E-state index is 5.89. The number of aromatic nitrogens is 4. The van der Waals surface area contributed by atoms with Gasteiger partial charge in [-0.15, -0.1) is 23.5 Å². The second-order valence-corrected chi connectivity index (χ2v) is 11.8. The molecular formula is C28H32N4O4S4. The standard InChI is InChI=1S/C28H32N4O4S4/c37-27-25-29-21-5-1-3-7-23(21)31(27)9-11-33-13-15-36-18-20-40-26-28(38)32(24-8-4-2-6-22(24)30-26)10-12-34-14-16-35-17-19-39-25/h1-8H,9-20H2. The van der Waals surface area contributed by atoms with Crippen LogP contribution in [0.2, 0.25) is 0 Å². The molecule has 1 aliphatic heterocycles. The lowest BCUT2D eigenvalue weighted by atomic mass is 10.3. The summed E-state index contributed by atoms with van der Waals surface area (Å²) in [6.45, 7) is 5.61. The van der Waals surface area contributed by atoms with E-state index in [-0.39, 0.29) is 0 Å². The summed E-state index contributed by atoms with van der Waals surface area (Å²) < 4.78 is 29.1. The Hall–Kier alpha value is -1.90. The number of hydrogen-bond donors (Lipinski definition) is 0. The van der Waals surface area contributed by atoms with Crippen molar-refractivity contribution in [2.75, 3.05) is 64.4 Å². The number of nitrogens with zero attached hydrogens (tertiary/aromatic N) is 4. The van der Waals surface area contributed by atoms with Gasteiger partial charge >= 0.3 is 0 Å². The normalized spacial score (nSPS) is 17.4. The van der Waals surface area contributed by atoms with Crippen LogP contribution < -0.4 is 0 Å². The van der Waals surface area contributed by atoms with Crippen LogP contribution in [0, 0.1) is 9.28 Å². The van der Waals surface area contributed by atoms with Crippen LogP contribution in [0.4, 0.5) is 0 Å². The van der Waals surface area contributed by atoms with Gasteiger partial charge in [0.15, 0.2) is 0 Å². The zero-order valence-corrected chi connectivity index (χ0v) is 25.4. The van der Waals surface area contributed by atoms with E-state index in [4.69, 9.17) is 53.4 Å². The van der Waals surface area contributed by atoms with Crippen molar-refractivity contribution >= 4 is 70.0 Å². The molecule has 0 unspecified atom stereocenters. The van der Waals surface area contributed by atoms with Gasteiger partial charge in [-0.3, -0.25) is 0 Å². The Labute approximate surface area is 252 Å². The van der Waals surface area contributed by atoms with E-state index >= 15 is 0 Å². The quantitative estimate of drug-likeness (QED) is 0.226. The second-order valence-electron chi connectivity index (χ2n) is 8.87. The van der Waals surface area contributed by atoms with Crippen LogP contribution in [0.5, 0.6) is 0 Å². The lowest BCUT2D eigenvalue weighted by Crippen LogP contribution is -2.14. The van der Waals surface area contributed by atoms with E-state index in [0.717, 1.165) is 52.9 Å². The van der Waals surface area contributed by atoms with E-state index in [2.05, 4.69) is 9.13 Å². The van der Waals surface area contributed by atoms with E-state index in [1.807, 2.05) is 48.5 Å². The summed E-state index contributed by atoms with van der Waals surface area (Å²) in [4.78, 5) is 9.63. The van der Waals surface area contributed by atoms with Gasteiger partial charge < -0.3 is 28.1 Å². The van der Waals surface area contributed by atoms with Gasteiger partial charge in [0.25, 0.3) is 0 Å². The van der Waals surface area contributed by atoms with Gasteiger partial charge in [-0.25, -0.2) is 9.97 Å². The van der Waals surface area contributed by atoms with Crippen LogP contribution >= 0.6 is 48.0 Å². The average Bonchev–Trinajstić information content (AvgIpc) is 2.97. The smallest absolute Gasteiger partial charge is 0.139 e. The van der Waals surface area contributed by atoms with Crippen molar-refractivity contribution in [1.82, 2.24) is 19.1 Å². The number of benzene rings is 2. The van der Waals surface area contributed by atoms with Crippen molar-refractivity contribution in [1.29, 1.82) is 0 Å². The Bertz CT molecular complexity index is 1430. The van der Waals surface area contributed by atoms with Crippen LogP contribution in [0.15, 0.2) is 58.6 Å². The molecule has 0 radical (unpaired) electrons. The number of para-hydroxylation sites is 4. The highest BCUT2D eigenvalue weighted by atomic mass is 32.2. The maximum Gasteiger partial charge on any atom is 0.139 e. The number of hydrogen-bond acceptors (Lipinski definition) is 10. The first-order valence-electron chi connectivity index (χ1n) is 13.3. The van der Waals surface area contributed by atoms with Crippen molar-refractivity contribution in [2.45, 2.75) is 23.1 Å². The molecule has 8 nitrogen and oxygen atoms in total. The highest BCUT2D eigenvalue weighted by molar-refractivity contribution is 7.99. The maximum absolute atomic E-state index is 5.89. The van der Waals surface area contributed by atoms with Gasteiger partial charge in [0.2, 0.25) is 0 Å². The Morgan fingerprint density at radius 2 is 0.950 bits per heavy atom. The molecule has 0 amide bonds. The van der Waals surface area contributed by atoms with Crippen LogP contribution in [0.25, 0.3) is 22.1 Å². The van der Waals surface area contributed by atoms with Gasteiger partial charge in [0, 0.05) is 24.6 Å². The fourth-order valence-electron chi connectivity index (χ4n) is 4.32. The molecule has 0 fully saturated rings. The van der Waals surface area contributed by atoms with E-state index in [0.29, 0.717) is 65.9 Å². The third kappa shape index (κ3) is 7.68. The van der Waals surface area contributed by atoms with Crippen LogP contribution in [-0.2, 0) is 32.0 Å². The Morgan fingerprint density at radius 1 is 0.550 bits per heavy atom.